The van der Waals surface area contributed by atoms with Gasteiger partial charge in [-0.05, 0) is 66.8 Å². The second-order valence-corrected chi connectivity index (χ2v) is 9.06. The van der Waals surface area contributed by atoms with Crippen LogP contribution in [-0.4, -0.2) is 32.7 Å². The van der Waals surface area contributed by atoms with Crippen molar-refractivity contribution in [2.75, 3.05) is 6.54 Å². The number of aromatic hydroxyl groups is 1. The fourth-order valence-corrected chi connectivity index (χ4v) is 4.73. The molecule has 1 amide bonds. The standard InChI is InChI=1S/C29H29N3O3/c1-4-13-32-28(21-11-8-12-22(16-21)35-17-20-9-6-5-7-10-20)25-26(30-31-27(25)29(32)34)23-14-18(2)19(3)15-24(23)33/h5-12,14-16,28,33H,4,13,17H2,1-3H3,(H,30,31)/t28-/m1/s1. The van der Waals surface area contributed by atoms with Crippen LogP contribution < -0.4 is 4.74 Å². The van der Waals surface area contributed by atoms with Gasteiger partial charge in [-0.25, -0.2) is 0 Å². The largest absolute Gasteiger partial charge is 0.507 e. The summed E-state index contributed by atoms with van der Waals surface area (Å²) in [5.41, 5.74) is 6.59. The predicted octanol–water partition coefficient (Wildman–Crippen LogP) is 5.93. The molecule has 0 spiro atoms. The van der Waals surface area contributed by atoms with E-state index in [4.69, 9.17) is 4.74 Å². The lowest BCUT2D eigenvalue weighted by Gasteiger charge is -2.26. The Kier molecular flexibility index (Phi) is 6.03. The number of carbonyl (C=O) groups excluding carboxylic acids is 1. The molecule has 1 atom stereocenters. The van der Waals surface area contributed by atoms with Crippen LogP contribution in [0.15, 0.2) is 66.7 Å². The van der Waals surface area contributed by atoms with Crippen molar-refractivity contribution in [2.24, 2.45) is 0 Å². The number of phenols is 1. The molecule has 5 rings (SSSR count). The molecule has 6 nitrogen and oxygen atoms in total. The molecular formula is C29H29N3O3. The van der Waals surface area contributed by atoms with Crippen molar-refractivity contribution in [3.8, 4) is 22.8 Å². The average molecular weight is 468 g/mol. The molecule has 2 heterocycles. The lowest BCUT2D eigenvalue weighted by Crippen LogP contribution is -2.30. The number of aromatic amines is 1. The number of nitrogens with one attached hydrogen (secondary N) is 1. The normalized spacial score (nSPS) is 14.9. The van der Waals surface area contributed by atoms with Crippen molar-refractivity contribution >= 4 is 5.91 Å². The summed E-state index contributed by atoms with van der Waals surface area (Å²) in [6.45, 7) is 7.10. The number of benzene rings is 3. The summed E-state index contributed by atoms with van der Waals surface area (Å²) < 4.78 is 6.08. The third-order valence-corrected chi connectivity index (χ3v) is 6.62. The highest BCUT2D eigenvalue weighted by molar-refractivity contribution is 6.00. The molecule has 2 N–H and O–H groups in total. The third kappa shape index (κ3) is 4.16. The van der Waals surface area contributed by atoms with Crippen LogP contribution in [0.5, 0.6) is 11.5 Å². The number of fused-ring (bicyclic) bond motifs is 1. The molecule has 0 bridgehead atoms. The van der Waals surface area contributed by atoms with Crippen LogP contribution in [0.25, 0.3) is 11.3 Å². The van der Waals surface area contributed by atoms with Crippen molar-refractivity contribution in [3.63, 3.8) is 0 Å². The van der Waals surface area contributed by atoms with Crippen molar-refractivity contribution in [2.45, 2.75) is 39.8 Å². The summed E-state index contributed by atoms with van der Waals surface area (Å²) in [5.74, 6) is 0.815. The quantitative estimate of drug-likeness (QED) is 0.353. The van der Waals surface area contributed by atoms with E-state index < -0.39 is 0 Å². The molecule has 178 valence electrons. The first-order valence-electron chi connectivity index (χ1n) is 11.9. The SMILES string of the molecule is CCCN1C(=O)c2[nH]nc(-c3cc(C)c(C)cc3O)c2[C@H]1c1cccc(OCc2ccccc2)c1. The molecular weight excluding hydrogens is 438 g/mol. The van der Waals surface area contributed by atoms with Gasteiger partial charge in [-0.15, -0.1) is 0 Å². The highest BCUT2D eigenvalue weighted by atomic mass is 16.5. The van der Waals surface area contributed by atoms with Gasteiger partial charge in [0.2, 0.25) is 0 Å². The number of hydrogen-bond acceptors (Lipinski definition) is 4. The second-order valence-electron chi connectivity index (χ2n) is 9.06. The molecule has 0 fully saturated rings. The van der Waals surface area contributed by atoms with Gasteiger partial charge >= 0.3 is 0 Å². The molecule has 35 heavy (non-hydrogen) atoms. The van der Waals surface area contributed by atoms with E-state index in [0.717, 1.165) is 40.0 Å². The van der Waals surface area contributed by atoms with Crippen LogP contribution in [0.2, 0.25) is 0 Å². The van der Waals surface area contributed by atoms with Gasteiger partial charge in [-0.2, -0.15) is 5.10 Å². The monoisotopic (exact) mass is 467 g/mol. The van der Waals surface area contributed by atoms with Crippen LogP contribution in [0.3, 0.4) is 0 Å². The van der Waals surface area contributed by atoms with Gasteiger partial charge in [0, 0.05) is 17.7 Å². The van der Waals surface area contributed by atoms with E-state index >= 15 is 0 Å². The van der Waals surface area contributed by atoms with Gasteiger partial charge in [0.25, 0.3) is 5.91 Å². The lowest BCUT2D eigenvalue weighted by molar-refractivity contribution is 0.0743. The summed E-state index contributed by atoms with van der Waals surface area (Å²) in [4.78, 5) is 15.3. The molecule has 4 aromatic rings. The van der Waals surface area contributed by atoms with Crippen LogP contribution in [0, 0.1) is 13.8 Å². The number of phenolic OH excluding ortho intramolecular Hbond substituents is 1. The highest BCUT2D eigenvalue weighted by Crippen LogP contribution is 2.45. The molecule has 0 unspecified atom stereocenters. The van der Waals surface area contributed by atoms with E-state index in [1.54, 1.807) is 6.07 Å². The molecule has 1 aromatic heterocycles. The van der Waals surface area contributed by atoms with Crippen LogP contribution in [0.4, 0.5) is 0 Å². The van der Waals surface area contributed by atoms with Gasteiger partial charge in [-0.1, -0.05) is 49.4 Å². The van der Waals surface area contributed by atoms with Crippen LogP contribution >= 0.6 is 0 Å². The Balaban J connectivity index is 1.56. The van der Waals surface area contributed by atoms with Gasteiger partial charge in [-0.3, -0.25) is 9.89 Å². The zero-order valence-corrected chi connectivity index (χ0v) is 20.2. The number of rotatable bonds is 7. The summed E-state index contributed by atoms with van der Waals surface area (Å²) in [5, 5.41) is 18.2. The Morgan fingerprint density at radius 3 is 2.57 bits per heavy atom. The van der Waals surface area contributed by atoms with Crippen LogP contribution in [0.1, 0.15) is 57.7 Å². The van der Waals surface area contributed by atoms with Gasteiger partial charge in [0.15, 0.2) is 0 Å². The molecule has 6 heteroatoms. The maximum absolute atomic E-state index is 13.4. The molecule has 1 aliphatic heterocycles. The Hall–Kier alpha value is -4.06. The number of aryl methyl sites for hydroxylation is 2. The number of carbonyl (C=O) groups is 1. The minimum absolute atomic E-state index is 0.0791. The lowest BCUT2D eigenvalue weighted by atomic mass is 9.94. The summed E-state index contributed by atoms with van der Waals surface area (Å²) in [6, 6.07) is 21.3. The predicted molar refractivity (Wildman–Crippen MR) is 136 cm³/mol. The summed E-state index contributed by atoms with van der Waals surface area (Å²) in [6.07, 6.45) is 0.828. The molecule has 1 aliphatic rings. The van der Waals surface area contributed by atoms with E-state index in [1.165, 1.54) is 0 Å². The fourth-order valence-electron chi connectivity index (χ4n) is 4.73. The number of ether oxygens (including phenoxy) is 1. The third-order valence-electron chi connectivity index (χ3n) is 6.62. The Bertz CT molecular complexity index is 1380. The number of amides is 1. The summed E-state index contributed by atoms with van der Waals surface area (Å²) >= 11 is 0. The first-order valence-corrected chi connectivity index (χ1v) is 11.9. The smallest absolute Gasteiger partial charge is 0.273 e. The summed E-state index contributed by atoms with van der Waals surface area (Å²) in [7, 11) is 0. The minimum Gasteiger partial charge on any atom is -0.507 e. The Morgan fingerprint density at radius 2 is 1.80 bits per heavy atom. The number of H-pyrrole nitrogens is 1. The van der Waals surface area contributed by atoms with E-state index in [0.29, 0.717) is 30.1 Å². The molecule has 0 saturated heterocycles. The van der Waals surface area contributed by atoms with Gasteiger partial charge < -0.3 is 14.7 Å². The highest BCUT2D eigenvalue weighted by Gasteiger charge is 2.42. The topological polar surface area (TPSA) is 78.5 Å². The van der Waals surface area contributed by atoms with Gasteiger partial charge in [0.05, 0.1) is 6.04 Å². The first-order chi connectivity index (χ1) is 17.0. The molecule has 0 radical (unpaired) electrons. The van der Waals surface area contributed by atoms with Crippen molar-refractivity contribution in [3.05, 3.63) is 100 Å². The van der Waals surface area contributed by atoms with E-state index in [1.807, 2.05) is 79.4 Å². The zero-order valence-electron chi connectivity index (χ0n) is 20.2. The van der Waals surface area contributed by atoms with Gasteiger partial charge in [0.1, 0.15) is 29.5 Å². The van der Waals surface area contributed by atoms with E-state index in [9.17, 15) is 9.90 Å². The average Bonchev–Trinajstić information content (AvgIpc) is 3.40. The maximum Gasteiger partial charge on any atom is 0.273 e. The zero-order chi connectivity index (χ0) is 24.5. The second kappa shape index (κ2) is 9.29. The van der Waals surface area contributed by atoms with Crippen molar-refractivity contribution < 1.29 is 14.6 Å². The van der Waals surface area contributed by atoms with Crippen LogP contribution in [-0.2, 0) is 6.61 Å². The Morgan fingerprint density at radius 1 is 1.03 bits per heavy atom. The molecule has 3 aromatic carbocycles. The van der Waals surface area contributed by atoms with E-state index in [2.05, 4.69) is 17.1 Å². The molecule has 0 saturated carbocycles. The first kappa shape index (κ1) is 22.7. The number of hydrogen-bond donors (Lipinski definition) is 2. The fraction of sp³-hybridized carbons (Fsp3) is 0.241. The van der Waals surface area contributed by atoms with Crippen molar-refractivity contribution in [1.29, 1.82) is 0 Å². The number of nitrogens with zero attached hydrogens (tertiary/aromatic N) is 2. The number of aromatic nitrogens is 2. The van der Waals surface area contributed by atoms with Crippen molar-refractivity contribution in [1.82, 2.24) is 15.1 Å². The van der Waals surface area contributed by atoms with E-state index in [-0.39, 0.29) is 17.7 Å². The minimum atomic E-state index is -0.326. The Labute approximate surface area is 205 Å². The maximum atomic E-state index is 13.4. The molecule has 0 aliphatic carbocycles.